The molecular weight excluding hydrogens is 282 g/mol. The Morgan fingerprint density at radius 3 is 2.43 bits per heavy atom. The van der Waals surface area contributed by atoms with Crippen LogP contribution in [0.15, 0.2) is 52.5 Å². The summed E-state index contributed by atoms with van der Waals surface area (Å²) in [6.07, 6.45) is 2.91. The highest BCUT2D eigenvalue weighted by Crippen LogP contribution is 2.32. The topological polar surface area (TPSA) is 37.0 Å². The molecule has 2 nitrogen and oxygen atoms in total. The van der Waals surface area contributed by atoms with Gasteiger partial charge in [0.25, 0.3) is 0 Å². The molecule has 0 radical (unpaired) electrons. The molecule has 23 heavy (non-hydrogen) atoms. The summed E-state index contributed by atoms with van der Waals surface area (Å²) < 4.78 is 6.07. The molecule has 0 unspecified atom stereocenters. The molecule has 0 aliphatic rings. The number of aryl methyl sites for hydroxylation is 1. The summed E-state index contributed by atoms with van der Waals surface area (Å²) in [5.41, 5.74) is 5.98. The molecule has 0 fully saturated rings. The Morgan fingerprint density at radius 1 is 1.04 bits per heavy atom. The Balaban J connectivity index is 0.000000924. The molecule has 1 heterocycles. The van der Waals surface area contributed by atoms with Gasteiger partial charge in [0.1, 0.15) is 11.2 Å². The minimum atomic E-state index is 0.615. The molecule has 2 heteroatoms. The lowest BCUT2D eigenvalue weighted by Gasteiger charge is -2.05. The predicted octanol–water partition coefficient (Wildman–Crippen LogP) is 6.45. The summed E-state index contributed by atoms with van der Waals surface area (Å²) in [6.45, 7) is 9.92. The zero-order valence-corrected chi connectivity index (χ0v) is 14.7. The van der Waals surface area contributed by atoms with Gasteiger partial charge in [-0.25, -0.2) is 0 Å². The van der Waals surface area contributed by atoms with Crippen molar-refractivity contribution in [3.8, 4) is 0 Å². The summed E-state index contributed by atoms with van der Waals surface area (Å²) >= 11 is 0. The van der Waals surface area contributed by atoms with E-state index in [0.29, 0.717) is 5.71 Å². The fourth-order valence-electron chi connectivity index (χ4n) is 2.60. The second-order valence-corrected chi connectivity index (χ2v) is 5.55. The Bertz CT molecular complexity index is 868. The van der Waals surface area contributed by atoms with Crippen LogP contribution in [0.1, 0.15) is 38.8 Å². The van der Waals surface area contributed by atoms with Crippen LogP contribution in [0.25, 0.3) is 21.9 Å². The van der Waals surface area contributed by atoms with Crippen molar-refractivity contribution < 1.29 is 4.42 Å². The van der Waals surface area contributed by atoms with Gasteiger partial charge in [-0.1, -0.05) is 50.3 Å². The lowest BCUT2D eigenvalue weighted by Crippen LogP contribution is -1.93. The highest BCUT2D eigenvalue weighted by molar-refractivity contribution is 6.06. The smallest absolute Gasteiger partial charge is 0.139 e. The molecule has 0 bridgehead atoms. The summed E-state index contributed by atoms with van der Waals surface area (Å²) in [7, 11) is 0. The van der Waals surface area contributed by atoms with Crippen LogP contribution in [0.4, 0.5) is 0 Å². The van der Waals surface area contributed by atoms with Crippen LogP contribution in [-0.2, 0) is 6.42 Å². The molecule has 0 amide bonds. The Morgan fingerprint density at radius 2 is 1.74 bits per heavy atom. The highest BCUT2D eigenvalue weighted by Gasteiger charge is 2.11. The summed E-state index contributed by atoms with van der Waals surface area (Å²) in [6, 6.07) is 12.4. The van der Waals surface area contributed by atoms with E-state index in [1.165, 1.54) is 16.5 Å². The zero-order valence-electron chi connectivity index (χ0n) is 14.7. The number of hydrogen-bond donors (Lipinski definition) is 1. The third kappa shape index (κ3) is 3.37. The number of rotatable bonds is 3. The second kappa shape index (κ2) is 7.28. The number of allylic oxidation sites excluding steroid dienone is 2. The molecule has 0 aliphatic carbocycles. The maximum absolute atomic E-state index is 7.68. The van der Waals surface area contributed by atoms with Gasteiger partial charge in [-0.2, -0.15) is 0 Å². The number of para-hydroxylation sites is 1. The van der Waals surface area contributed by atoms with E-state index in [9.17, 15) is 0 Å². The van der Waals surface area contributed by atoms with E-state index in [4.69, 9.17) is 9.83 Å². The molecule has 3 rings (SSSR count). The molecule has 120 valence electrons. The van der Waals surface area contributed by atoms with Crippen molar-refractivity contribution in [2.45, 2.75) is 41.0 Å². The van der Waals surface area contributed by atoms with Crippen LogP contribution in [0.5, 0.6) is 0 Å². The lowest BCUT2D eigenvalue weighted by atomic mass is 10.00. The monoisotopic (exact) mass is 307 g/mol. The minimum Gasteiger partial charge on any atom is -0.456 e. The average molecular weight is 307 g/mol. The van der Waals surface area contributed by atoms with Gasteiger partial charge in [-0.05, 0) is 44.4 Å². The molecule has 2 aromatic carbocycles. The quantitative estimate of drug-likeness (QED) is 0.555. The first-order valence-electron chi connectivity index (χ1n) is 8.20. The normalized spacial score (nSPS) is 11.4. The molecule has 0 saturated carbocycles. The van der Waals surface area contributed by atoms with E-state index in [1.54, 1.807) is 0 Å². The molecule has 0 saturated heterocycles. The number of furan rings is 1. The Kier molecular flexibility index (Phi) is 5.38. The van der Waals surface area contributed by atoms with E-state index >= 15 is 0 Å². The summed E-state index contributed by atoms with van der Waals surface area (Å²) in [4.78, 5) is 0. The van der Waals surface area contributed by atoms with Crippen molar-refractivity contribution in [1.82, 2.24) is 0 Å². The van der Waals surface area contributed by atoms with Crippen molar-refractivity contribution in [2.75, 3.05) is 0 Å². The van der Waals surface area contributed by atoms with Crippen LogP contribution in [0.2, 0.25) is 0 Å². The average Bonchev–Trinajstić information content (AvgIpc) is 2.94. The largest absolute Gasteiger partial charge is 0.456 e. The standard InChI is InChI=1S/C19H19NO.C2H6/c1-12(14(3)20)8-10-15-13(2)9-11-17-16-6-4-5-7-18(16)21-19(15)17;1-2/h4-9,11,20H,10H2,1-3H3;1-2H3/b12-8-,20-14?;. The molecule has 3 aromatic rings. The lowest BCUT2D eigenvalue weighted by molar-refractivity contribution is 0.664. The molecule has 1 N–H and O–H groups in total. The van der Waals surface area contributed by atoms with Gasteiger partial charge in [0.2, 0.25) is 0 Å². The molecule has 1 aromatic heterocycles. The van der Waals surface area contributed by atoms with E-state index in [2.05, 4.69) is 31.2 Å². The molecule has 0 spiro atoms. The van der Waals surface area contributed by atoms with Crippen LogP contribution >= 0.6 is 0 Å². The van der Waals surface area contributed by atoms with Crippen LogP contribution in [0.3, 0.4) is 0 Å². The fraction of sp³-hybridized carbons (Fsp3) is 0.286. The first-order valence-corrected chi connectivity index (χ1v) is 8.20. The first kappa shape index (κ1) is 17.0. The van der Waals surface area contributed by atoms with Gasteiger partial charge in [0.05, 0.1) is 0 Å². The number of nitrogens with one attached hydrogen (secondary N) is 1. The minimum absolute atomic E-state index is 0.615. The van der Waals surface area contributed by atoms with Gasteiger partial charge < -0.3 is 9.83 Å². The van der Waals surface area contributed by atoms with E-state index in [-0.39, 0.29) is 0 Å². The van der Waals surface area contributed by atoms with Gasteiger partial charge >= 0.3 is 0 Å². The third-order valence-electron chi connectivity index (χ3n) is 4.09. The zero-order chi connectivity index (χ0) is 17.0. The number of hydrogen-bond acceptors (Lipinski definition) is 2. The Labute approximate surface area is 138 Å². The summed E-state index contributed by atoms with van der Waals surface area (Å²) in [5.74, 6) is 0. The van der Waals surface area contributed by atoms with Gasteiger partial charge in [-0.3, -0.25) is 0 Å². The van der Waals surface area contributed by atoms with Gasteiger partial charge in [0, 0.05) is 22.0 Å². The van der Waals surface area contributed by atoms with Crippen molar-refractivity contribution in [1.29, 1.82) is 5.41 Å². The highest BCUT2D eigenvalue weighted by atomic mass is 16.3. The number of benzene rings is 2. The maximum Gasteiger partial charge on any atom is 0.139 e. The van der Waals surface area contributed by atoms with Crippen molar-refractivity contribution in [3.05, 3.63) is 59.2 Å². The Hall–Kier alpha value is -2.35. The van der Waals surface area contributed by atoms with Crippen LogP contribution in [0, 0.1) is 12.3 Å². The molecule has 0 aliphatic heterocycles. The van der Waals surface area contributed by atoms with Gasteiger partial charge in [0.15, 0.2) is 0 Å². The van der Waals surface area contributed by atoms with E-state index in [0.717, 1.165) is 28.5 Å². The fourth-order valence-corrected chi connectivity index (χ4v) is 2.60. The van der Waals surface area contributed by atoms with E-state index < -0.39 is 0 Å². The van der Waals surface area contributed by atoms with Crippen LogP contribution < -0.4 is 0 Å². The molecular formula is C21H25NO. The van der Waals surface area contributed by atoms with Crippen molar-refractivity contribution in [3.63, 3.8) is 0 Å². The van der Waals surface area contributed by atoms with Crippen molar-refractivity contribution >= 4 is 27.7 Å². The number of fused-ring (bicyclic) bond motifs is 3. The second-order valence-electron chi connectivity index (χ2n) is 5.55. The summed E-state index contributed by atoms with van der Waals surface area (Å²) in [5, 5.41) is 10.0. The predicted molar refractivity (Wildman–Crippen MR) is 101 cm³/mol. The molecule has 0 atom stereocenters. The first-order chi connectivity index (χ1) is 11.1. The van der Waals surface area contributed by atoms with E-state index in [1.807, 2.05) is 45.9 Å². The van der Waals surface area contributed by atoms with Crippen LogP contribution in [-0.4, -0.2) is 5.71 Å². The SMILES string of the molecule is CC.CC(=N)/C(C)=C\Cc1c(C)ccc2c1oc1ccccc12. The van der Waals surface area contributed by atoms with Gasteiger partial charge in [-0.15, -0.1) is 0 Å². The maximum atomic E-state index is 7.68. The third-order valence-corrected chi connectivity index (χ3v) is 4.09. The van der Waals surface area contributed by atoms with Crippen molar-refractivity contribution in [2.24, 2.45) is 0 Å².